The Balaban J connectivity index is 1.21. The SMILES string of the molecule is Nc1ccc([C@@H](O)[C@H](CO)Oc2ccc(-c3cc(=O)c4c(O)c(OCc5cccc(O)c5)c(O[C@@H]5O[C@H](C(=O)O)[C@](O)(C[C@@H]6CNCN6)[C@@H](O)[C@H]5O)cc4o3)cc2)[nH]1. The van der Waals surface area contributed by atoms with Crippen molar-refractivity contribution in [3.05, 3.63) is 94.3 Å². The van der Waals surface area contributed by atoms with Crippen molar-refractivity contribution in [3.63, 3.8) is 0 Å². The van der Waals surface area contributed by atoms with E-state index in [0.29, 0.717) is 35.9 Å². The van der Waals surface area contributed by atoms with Gasteiger partial charge in [0.25, 0.3) is 0 Å². The maximum atomic E-state index is 13.6. The van der Waals surface area contributed by atoms with Crippen LogP contribution in [0.25, 0.3) is 22.3 Å². The second-order valence-electron chi connectivity index (χ2n) is 14.0. The standard InChI is InChI=1S/C39H42N4O15/c40-29-9-8-23(43-29)31(47)28(15-44)55-22-6-4-19(5-7-22)25-11-24(46)30-26(56-25)12-27(34(32(30)48)54-16-18-2-1-3-21(45)10-18)57-38-33(49)35(50)39(53,36(58-38)37(51)52)13-20-14-41-17-42-20/h1-12,20,28,31,33,35-36,38,41-45,47-50,53H,13-17,40H2,(H,51,52)/t20-,28+,31-,33-,35+,36-,38-,39+/m1/s1. The first kappa shape index (κ1) is 40.3. The summed E-state index contributed by atoms with van der Waals surface area (Å²) < 4.78 is 29.3. The van der Waals surface area contributed by atoms with E-state index in [1.807, 2.05) is 0 Å². The van der Waals surface area contributed by atoms with Crippen LogP contribution < -0.4 is 36.0 Å². The number of nitrogen functional groups attached to an aromatic ring is 1. The average Bonchev–Trinajstić information content (AvgIpc) is 3.88. The average molecular weight is 807 g/mol. The van der Waals surface area contributed by atoms with Crippen molar-refractivity contribution < 1.29 is 69.0 Å². The molecule has 4 heterocycles. The number of fused-ring (bicyclic) bond motifs is 1. The first-order chi connectivity index (χ1) is 27.7. The van der Waals surface area contributed by atoms with E-state index in [4.69, 9.17) is 29.1 Å². The maximum absolute atomic E-state index is 13.6. The number of nitrogens with two attached hydrogens (primary N) is 1. The lowest BCUT2D eigenvalue weighted by Gasteiger charge is -2.47. The number of ether oxygens (including phenoxy) is 4. The zero-order chi connectivity index (χ0) is 41.3. The Hall–Kier alpha value is -5.90. The van der Waals surface area contributed by atoms with E-state index < -0.39 is 83.7 Å². The molecule has 2 fully saturated rings. The molecule has 13 N–H and O–H groups in total. The number of carbonyl (C=O) groups is 1. The normalized spacial score (nSPS) is 24.3. The van der Waals surface area contributed by atoms with Gasteiger partial charge >= 0.3 is 5.97 Å². The number of aliphatic hydroxyl groups is 5. The van der Waals surface area contributed by atoms with Gasteiger partial charge in [0.15, 0.2) is 29.1 Å². The molecule has 2 aliphatic rings. The number of nitrogens with one attached hydrogen (secondary N) is 3. The van der Waals surface area contributed by atoms with Crippen molar-refractivity contribution in [1.82, 2.24) is 15.6 Å². The fourth-order valence-electron chi connectivity index (χ4n) is 7.04. The molecule has 7 rings (SSSR count). The van der Waals surface area contributed by atoms with Crippen LogP contribution in [0.5, 0.6) is 28.7 Å². The summed E-state index contributed by atoms with van der Waals surface area (Å²) in [7, 11) is 0. The topological polar surface area (TPSA) is 312 Å². The lowest BCUT2D eigenvalue weighted by Crippen LogP contribution is -2.70. The molecule has 19 nitrogen and oxygen atoms in total. The predicted octanol–water partition coefficient (Wildman–Crippen LogP) is 0.384. The lowest BCUT2D eigenvalue weighted by molar-refractivity contribution is -0.307. The van der Waals surface area contributed by atoms with E-state index in [-0.39, 0.29) is 41.3 Å². The molecule has 0 spiro atoms. The summed E-state index contributed by atoms with van der Waals surface area (Å²) in [6.45, 7) is -0.104. The van der Waals surface area contributed by atoms with Crippen molar-refractivity contribution in [2.75, 3.05) is 25.6 Å². The Morgan fingerprint density at radius 1 is 1.05 bits per heavy atom. The summed E-state index contributed by atoms with van der Waals surface area (Å²) in [5.74, 6) is -2.79. The number of benzene rings is 3. The van der Waals surface area contributed by atoms with Gasteiger partial charge in [-0.25, -0.2) is 4.79 Å². The highest BCUT2D eigenvalue weighted by molar-refractivity contribution is 5.89. The van der Waals surface area contributed by atoms with Gasteiger partial charge in [-0.1, -0.05) is 12.1 Å². The number of aromatic nitrogens is 1. The maximum Gasteiger partial charge on any atom is 0.336 e. The minimum absolute atomic E-state index is 0.0128. The molecule has 2 aliphatic heterocycles. The Bertz CT molecular complexity index is 2310. The molecule has 0 bridgehead atoms. The van der Waals surface area contributed by atoms with Crippen LogP contribution in [0.2, 0.25) is 0 Å². The molecule has 0 amide bonds. The van der Waals surface area contributed by atoms with Gasteiger partial charge in [0.1, 0.15) is 64.6 Å². The van der Waals surface area contributed by atoms with Crippen molar-refractivity contribution in [1.29, 1.82) is 0 Å². The van der Waals surface area contributed by atoms with Crippen LogP contribution in [0.15, 0.2) is 82.0 Å². The lowest BCUT2D eigenvalue weighted by atomic mass is 9.79. The number of anilines is 1. The summed E-state index contributed by atoms with van der Waals surface area (Å²) in [6.07, 6.45) is -10.8. The Labute approximate surface area is 328 Å². The fraction of sp³-hybridized carbons (Fsp3) is 0.333. The van der Waals surface area contributed by atoms with E-state index in [1.54, 1.807) is 24.3 Å². The Morgan fingerprint density at radius 3 is 2.48 bits per heavy atom. The molecule has 2 aromatic heterocycles. The van der Waals surface area contributed by atoms with Crippen molar-refractivity contribution in [3.8, 4) is 40.1 Å². The summed E-state index contributed by atoms with van der Waals surface area (Å²) in [4.78, 5) is 28.8. The third kappa shape index (κ3) is 8.10. The van der Waals surface area contributed by atoms with Gasteiger partial charge in [0.2, 0.25) is 12.0 Å². The number of hydrogen-bond donors (Lipinski definition) is 12. The molecular weight excluding hydrogens is 764 g/mol. The molecule has 0 unspecified atom stereocenters. The van der Waals surface area contributed by atoms with E-state index in [2.05, 4.69) is 15.6 Å². The number of rotatable bonds is 14. The third-order valence-electron chi connectivity index (χ3n) is 10.0. The van der Waals surface area contributed by atoms with Gasteiger partial charge in [-0.15, -0.1) is 0 Å². The van der Waals surface area contributed by atoms with Gasteiger partial charge in [0.05, 0.1) is 6.61 Å². The first-order valence-corrected chi connectivity index (χ1v) is 18.1. The van der Waals surface area contributed by atoms with E-state index in [1.165, 1.54) is 36.4 Å². The molecular formula is C39H42N4O15. The second-order valence-corrected chi connectivity index (χ2v) is 14.0. The molecule has 8 atom stereocenters. The van der Waals surface area contributed by atoms with Crippen LogP contribution in [0.4, 0.5) is 5.82 Å². The number of H-pyrrole nitrogens is 1. The van der Waals surface area contributed by atoms with Crippen molar-refractivity contribution in [2.45, 2.75) is 61.5 Å². The van der Waals surface area contributed by atoms with Crippen LogP contribution in [-0.4, -0.2) is 114 Å². The number of carboxylic acids is 1. The molecule has 58 heavy (non-hydrogen) atoms. The zero-order valence-electron chi connectivity index (χ0n) is 30.5. The van der Waals surface area contributed by atoms with Gasteiger partial charge in [0, 0.05) is 42.6 Å². The number of aromatic amines is 1. The smallest absolute Gasteiger partial charge is 0.336 e. The molecule has 5 aromatic rings. The van der Waals surface area contributed by atoms with E-state index in [0.717, 1.165) is 12.1 Å². The van der Waals surface area contributed by atoms with Crippen LogP contribution in [0.1, 0.15) is 23.8 Å². The van der Waals surface area contributed by atoms with Gasteiger partial charge in [-0.3, -0.25) is 4.79 Å². The van der Waals surface area contributed by atoms with Gasteiger partial charge in [-0.2, -0.15) is 0 Å². The number of carboxylic acid groups (broad SMARTS) is 1. The fourth-order valence-corrected chi connectivity index (χ4v) is 7.04. The number of phenolic OH excluding ortho intramolecular Hbond substituents is 2. The van der Waals surface area contributed by atoms with Gasteiger partial charge < -0.3 is 85.6 Å². The third-order valence-corrected chi connectivity index (χ3v) is 10.0. The minimum atomic E-state index is -2.47. The van der Waals surface area contributed by atoms with E-state index in [9.17, 15) is 50.4 Å². The van der Waals surface area contributed by atoms with Crippen LogP contribution in [0, 0.1) is 0 Å². The van der Waals surface area contributed by atoms with Crippen LogP contribution in [-0.2, 0) is 16.1 Å². The number of aliphatic hydroxyl groups excluding tert-OH is 4. The van der Waals surface area contributed by atoms with Crippen LogP contribution >= 0.6 is 0 Å². The highest BCUT2D eigenvalue weighted by Gasteiger charge is 2.59. The highest BCUT2D eigenvalue weighted by atomic mass is 16.7. The molecule has 0 saturated carbocycles. The quantitative estimate of drug-likeness (QED) is 0.0722. The molecule has 19 heteroatoms. The van der Waals surface area contributed by atoms with E-state index >= 15 is 0 Å². The molecule has 3 aromatic carbocycles. The predicted molar refractivity (Wildman–Crippen MR) is 202 cm³/mol. The van der Waals surface area contributed by atoms with Crippen molar-refractivity contribution >= 4 is 22.8 Å². The zero-order valence-corrected chi connectivity index (χ0v) is 30.5. The first-order valence-electron chi connectivity index (χ1n) is 18.1. The summed E-state index contributed by atoms with van der Waals surface area (Å²) in [6, 6.07) is 17.0. The Morgan fingerprint density at radius 2 is 1.83 bits per heavy atom. The molecule has 0 aliphatic carbocycles. The van der Waals surface area contributed by atoms with Crippen molar-refractivity contribution in [2.24, 2.45) is 0 Å². The minimum Gasteiger partial charge on any atom is -0.508 e. The largest absolute Gasteiger partial charge is 0.508 e. The molecule has 308 valence electrons. The monoisotopic (exact) mass is 806 g/mol. The number of aromatic hydroxyl groups is 2. The molecule has 2 saturated heterocycles. The summed E-state index contributed by atoms with van der Waals surface area (Å²) >= 11 is 0. The number of hydrogen-bond acceptors (Lipinski definition) is 17. The van der Waals surface area contributed by atoms with Gasteiger partial charge in [-0.05, 0) is 60.5 Å². The number of aliphatic carboxylic acids is 1. The summed E-state index contributed by atoms with van der Waals surface area (Å²) in [5, 5.41) is 91.7. The van der Waals surface area contributed by atoms with Crippen LogP contribution in [0.3, 0.4) is 0 Å². The molecule has 0 radical (unpaired) electrons. The number of phenols is 2. The Kier molecular flexibility index (Phi) is 11.5. The highest BCUT2D eigenvalue weighted by Crippen LogP contribution is 2.45. The summed E-state index contributed by atoms with van der Waals surface area (Å²) in [5.41, 5.74) is 3.41. The second kappa shape index (κ2) is 16.5.